The summed E-state index contributed by atoms with van der Waals surface area (Å²) >= 11 is 0. The number of carbonyl (C=O) groups excluding carboxylic acids is 2. The maximum Gasteiger partial charge on any atom is 0.346 e. The van der Waals surface area contributed by atoms with Crippen LogP contribution in [0.5, 0.6) is 5.88 Å². The van der Waals surface area contributed by atoms with Crippen molar-refractivity contribution in [1.82, 2.24) is 9.78 Å². The fourth-order valence-electron chi connectivity index (χ4n) is 5.43. The van der Waals surface area contributed by atoms with E-state index in [9.17, 15) is 9.59 Å². The minimum atomic E-state index is -0.529. The van der Waals surface area contributed by atoms with Gasteiger partial charge < -0.3 is 9.47 Å². The Hall–Kier alpha value is -3.41. The molecule has 0 aliphatic rings. The molecule has 0 saturated heterocycles. The molecule has 6 nitrogen and oxygen atoms in total. The number of aryl methyl sites for hydroxylation is 1. The molecule has 0 saturated carbocycles. The van der Waals surface area contributed by atoms with Crippen LogP contribution in [0, 0.1) is 0 Å². The number of rotatable bonds is 20. The lowest BCUT2D eigenvalue weighted by Gasteiger charge is -2.18. The average molecular weight is 575 g/mol. The summed E-state index contributed by atoms with van der Waals surface area (Å²) in [4.78, 5) is 27.1. The zero-order valence-electron chi connectivity index (χ0n) is 26.0. The molecule has 6 heteroatoms. The predicted molar refractivity (Wildman–Crippen MR) is 169 cm³/mol. The van der Waals surface area contributed by atoms with E-state index in [1.807, 2.05) is 36.4 Å². The molecule has 0 aliphatic carbocycles. The van der Waals surface area contributed by atoms with Crippen molar-refractivity contribution in [3.05, 3.63) is 82.5 Å². The van der Waals surface area contributed by atoms with Gasteiger partial charge in [-0.3, -0.25) is 0 Å². The molecule has 0 bridgehead atoms. The summed E-state index contributed by atoms with van der Waals surface area (Å²) in [6, 6.07) is 15.4. The van der Waals surface area contributed by atoms with E-state index < -0.39 is 11.9 Å². The summed E-state index contributed by atoms with van der Waals surface area (Å²) in [7, 11) is 0. The Balaban J connectivity index is 1.90. The SMILES string of the molecule is CCCCCCCCc1ccc(C(=O)OCC)c(C(=O)Oc2ccnn2Cc2ccccc2)c1CCCCCCCC. The summed E-state index contributed by atoms with van der Waals surface area (Å²) in [5.41, 5.74) is 3.75. The molecule has 3 rings (SSSR count). The third kappa shape index (κ3) is 10.5. The number of nitrogens with zero attached hydrogens (tertiary/aromatic N) is 2. The van der Waals surface area contributed by atoms with Crippen LogP contribution in [0.3, 0.4) is 0 Å². The van der Waals surface area contributed by atoms with Crippen LogP contribution in [0.25, 0.3) is 0 Å². The van der Waals surface area contributed by atoms with E-state index in [1.165, 1.54) is 51.4 Å². The van der Waals surface area contributed by atoms with Gasteiger partial charge in [0, 0.05) is 6.07 Å². The van der Waals surface area contributed by atoms with Gasteiger partial charge in [-0.1, -0.05) is 114 Å². The Morgan fingerprint density at radius 1 is 0.714 bits per heavy atom. The third-order valence-electron chi connectivity index (χ3n) is 7.74. The second kappa shape index (κ2) is 18.9. The first kappa shape index (κ1) is 33.1. The summed E-state index contributed by atoms with van der Waals surface area (Å²) in [5.74, 6) is -0.665. The van der Waals surface area contributed by atoms with Gasteiger partial charge in [0.15, 0.2) is 0 Å². The fourth-order valence-corrected chi connectivity index (χ4v) is 5.43. The molecule has 1 heterocycles. The highest BCUT2D eigenvalue weighted by atomic mass is 16.5. The molecular weight excluding hydrogens is 524 g/mol. The largest absolute Gasteiger partial charge is 0.462 e. The van der Waals surface area contributed by atoms with Gasteiger partial charge in [-0.15, -0.1) is 0 Å². The maximum absolute atomic E-state index is 14.0. The van der Waals surface area contributed by atoms with E-state index >= 15 is 0 Å². The zero-order valence-corrected chi connectivity index (χ0v) is 26.0. The van der Waals surface area contributed by atoms with E-state index in [0.29, 0.717) is 18.0 Å². The van der Waals surface area contributed by atoms with Crippen molar-refractivity contribution < 1.29 is 19.1 Å². The summed E-state index contributed by atoms with van der Waals surface area (Å²) in [5, 5.41) is 4.39. The monoisotopic (exact) mass is 574 g/mol. The number of esters is 2. The Labute approximate surface area is 252 Å². The van der Waals surface area contributed by atoms with Gasteiger partial charge in [0.2, 0.25) is 5.88 Å². The second-order valence-electron chi connectivity index (χ2n) is 11.1. The third-order valence-corrected chi connectivity index (χ3v) is 7.74. The lowest BCUT2D eigenvalue weighted by atomic mass is 9.89. The Bertz CT molecular complexity index is 1220. The summed E-state index contributed by atoms with van der Waals surface area (Å²) in [6.45, 7) is 6.95. The smallest absolute Gasteiger partial charge is 0.346 e. The maximum atomic E-state index is 14.0. The molecule has 0 N–H and O–H groups in total. The van der Waals surface area contributed by atoms with Crippen LogP contribution in [0.4, 0.5) is 0 Å². The molecule has 0 radical (unpaired) electrons. The summed E-state index contributed by atoms with van der Waals surface area (Å²) in [6.07, 6.45) is 17.4. The lowest BCUT2D eigenvalue weighted by molar-refractivity contribution is 0.0516. The van der Waals surface area contributed by atoms with Crippen molar-refractivity contribution in [2.75, 3.05) is 6.61 Å². The van der Waals surface area contributed by atoms with E-state index in [0.717, 1.165) is 55.2 Å². The molecule has 0 atom stereocenters. The summed E-state index contributed by atoms with van der Waals surface area (Å²) < 4.78 is 13.1. The van der Waals surface area contributed by atoms with Crippen LogP contribution in [0.2, 0.25) is 0 Å². The van der Waals surface area contributed by atoms with Crippen LogP contribution in [-0.2, 0) is 24.1 Å². The van der Waals surface area contributed by atoms with Gasteiger partial charge in [0.05, 0.1) is 30.5 Å². The molecule has 0 aliphatic heterocycles. The molecule has 0 unspecified atom stereocenters. The molecule has 0 amide bonds. The number of hydrogen-bond donors (Lipinski definition) is 0. The van der Waals surface area contributed by atoms with Gasteiger partial charge in [-0.25, -0.2) is 14.3 Å². The molecule has 1 aromatic heterocycles. The standard InChI is InChI=1S/C36H50N2O4/c1-4-7-9-11-13-18-22-30-24-25-32(35(39)41-6-3)34(31(30)23-19-14-12-10-8-5-2)36(40)42-33-26-27-37-38(33)28-29-20-16-15-17-21-29/h15-17,20-21,24-27H,4-14,18-19,22-23,28H2,1-3H3. The van der Waals surface area contributed by atoms with Crippen molar-refractivity contribution in [2.45, 2.75) is 117 Å². The van der Waals surface area contributed by atoms with Crippen LogP contribution in [-0.4, -0.2) is 28.3 Å². The normalized spacial score (nSPS) is 11.0. The van der Waals surface area contributed by atoms with Crippen LogP contribution < -0.4 is 4.74 Å². The molecule has 42 heavy (non-hydrogen) atoms. The first-order valence-electron chi connectivity index (χ1n) is 16.2. The average Bonchev–Trinajstić information content (AvgIpc) is 3.43. The van der Waals surface area contributed by atoms with Gasteiger partial charge >= 0.3 is 11.9 Å². The van der Waals surface area contributed by atoms with E-state index in [2.05, 4.69) is 18.9 Å². The Kier molecular flexibility index (Phi) is 14.9. The predicted octanol–water partition coefficient (Wildman–Crippen LogP) is 9.13. The topological polar surface area (TPSA) is 70.4 Å². The second-order valence-corrected chi connectivity index (χ2v) is 11.1. The van der Waals surface area contributed by atoms with Crippen LogP contribution >= 0.6 is 0 Å². The van der Waals surface area contributed by atoms with E-state index in [1.54, 1.807) is 29.9 Å². The van der Waals surface area contributed by atoms with E-state index in [4.69, 9.17) is 9.47 Å². The number of ether oxygens (including phenoxy) is 2. The van der Waals surface area contributed by atoms with Gasteiger partial charge in [0.25, 0.3) is 0 Å². The number of benzene rings is 2. The molecular formula is C36H50N2O4. The van der Waals surface area contributed by atoms with Gasteiger partial charge in [-0.2, -0.15) is 5.10 Å². The van der Waals surface area contributed by atoms with Crippen molar-refractivity contribution in [1.29, 1.82) is 0 Å². The highest BCUT2D eigenvalue weighted by Crippen LogP contribution is 2.27. The highest BCUT2D eigenvalue weighted by molar-refractivity contribution is 6.05. The first-order valence-corrected chi connectivity index (χ1v) is 16.2. The fraction of sp³-hybridized carbons (Fsp3) is 0.528. The van der Waals surface area contributed by atoms with Crippen LogP contribution in [0.15, 0.2) is 54.7 Å². The first-order chi connectivity index (χ1) is 20.6. The quantitative estimate of drug-likeness (QED) is 0.0994. The minimum Gasteiger partial charge on any atom is -0.462 e. The molecule has 3 aromatic rings. The zero-order chi connectivity index (χ0) is 30.0. The number of hydrogen-bond acceptors (Lipinski definition) is 5. The Morgan fingerprint density at radius 3 is 2.02 bits per heavy atom. The molecule has 228 valence electrons. The van der Waals surface area contributed by atoms with Crippen molar-refractivity contribution >= 4 is 11.9 Å². The lowest BCUT2D eigenvalue weighted by Crippen LogP contribution is -2.21. The number of carbonyl (C=O) groups is 2. The van der Waals surface area contributed by atoms with E-state index in [-0.39, 0.29) is 12.2 Å². The molecule has 2 aromatic carbocycles. The van der Waals surface area contributed by atoms with Gasteiger partial charge in [0.1, 0.15) is 0 Å². The molecule has 0 spiro atoms. The van der Waals surface area contributed by atoms with Crippen LogP contribution in [0.1, 0.15) is 135 Å². The number of aromatic nitrogens is 2. The molecule has 0 fully saturated rings. The Morgan fingerprint density at radius 2 is 1.36 bits per heavy atom. The van der Waals surface area contributed by atoms with Gasteiger partial charge in [-0.05, 0) is 55.4 Å². The van der Waals surface area contributed by atoms with Crippen molar-refractivity contribution in [3.8, 4) is 5.88 Å². The minimum absolute atomic E-state index is 0.240. The highest BCUT2D eigenvalue weighted by Gasteiger charge is 2.26. The number of unbranched alkanes of at least 4 members (excludes halogenated alkanes) is 10. The van der Waals surface area contributed by atoms with Crippen molar-refractivity contribution in [3.63, 3.8) is 0 Å². The van der Waals surface area contributed by atoms with Crippen molar-refractivity contribution in [2.24, 2.45) is 0 Å².